The lowest BCUT2D eigenvalue weighted by Crippen LogP contribution is -3.04. The van der Waals surface area contributed by atoms with Crippen LogP contribution in [-0.4, -0.2) is 20.0 Å². The maximum absolute atomic E-state index is 11.9. The van der Waals surface area contributed by atoms with Crippen molar-refractivity contribution in [1.29, 1.82) is 0 Å². The third-order valence-corrected chi connectivity index (χ3v) is 4.09. The summed E-state index contributed by atoms with van der Waals surface area (Å²) in [5.41, 5.74) is 3.39. The number of amides is 1. The topological polar surface area (TPSA) is 33.5 Å². The van der Waals surface area contributed by atoms with Crippen molar-refractivity contribution in [3.05, 3.63) is 75.8 Å². The first-order chi connectivity index (χ1) is 11.0. The third kappa shape index (κ3) is 6.00. The maximum atomic E-state index is 11.9. The number of carbonyl (C=O) groups is 1. The molecule has 4 heteroatoms. The number of nitrogens with one attached hydrogen (secondary N) is 2. The van der Waals surface area contributed by atoms with Gasteiger partial charge in [-0.05, 0) is 23.3 Å². The molecule has 0 bridgehead atoms. The zero-order chi connectivity index (χ0) is 16.7. The van der Waals surface area contributed by atoms with Gasteiger partial charge in [0, 0.05) is 22.7 Å². The molecule has 0 atom stereocenters. The Kier molecular flexibility index (Phi) is 6.56. The van der Waals surface area contributed by atoms with Crippen LogP contribution in [0.5, 0.6) is 0 Å². The summed E-state index contributed by atoms with van der Waals surface area (Å²) in [6.45, 7) is 1.54. The Labute approximate surface area is 146 Å². The highest BCUT2D eigenvalue weighted by atomic mass is 79.9. The monoisotopic (exact) mass is 373 g/mol. The number of benzene rings is 2. The van der Waals surface area contributed by atoms with Crippen LogP contribution in [0, 0.1) is 0 Å². The predicted molar refractivity (Wildman–Crippen MR) is 98.0 cm³/mol. The van der Waals surface area contributed by atoms with Crippen LogP contribution < -0.4 is 10.2 Å². The highest BCUT2D eigenvalue weighted by molar-refractivity contribution is 9.10. The summed E-state index contributed by atoms with van der Waals surface area (Å²) >= 11 is 3.46. The van der Waals surface area contributed by atoms with E-state index < -0.39 is 0 Å². The summed E-state index contributed by atoms with van der Waals surface area (Å²) in [4.78, 5) is 13.3. The van der Waals surface area contributed by atoms with Gasteiger partial charge in [0.15, 0.2) is 0 Å². The lowest BCUT2D eigenvalue weighted by molar-refractivity contribution is -0.872. The summed E-state index contributed by atoms with van der Waals surface area (Å²) in [5.74, 6) is -0.0948. The van der Waals surface area contributed by atoms with Crippen LogP contribution in [0.25, 0.3) is 6.08 Å². The van der Waals surface area contributed by atoms with Gasteiger partial charge in [0.05, 0.1) is 14.1 Å². The van der Waals surface area contributed by atoms with E-state index in [9.17, 15) is 4.79 Å². The SMILES string of the molecule is C[NH+](C)Cc1ccc(CNC(=O)/C=C/c2ccccc2Br)cc1. The van der Waals surface area contributed by atoms with Gasteiger partial charge in [0.1, 0.15) is 6.54 Å². The molecule has 2 aromatic carbocycles. The molecule has 1 amide bonds. The lowest BCUT2D eigenvalue weighted by Gasteiger charge is -2.08. The summed E-state index contributed by atoms with van der Waals surface area (Å²) in [6.07, 6.45) is 3.37. The molecule has 0 unspecified atom stereocenters. The number of halogens is 1. The molecule has 0 heterocycles. The highest BCUT2D eigenvalue weighted by Gasteiger charge is 2.01. The molecule has 2 aromatic rings. The van der Waals surface area contributed by atoms with E-state index in [0.29, 0.717) is 6.54 Å². The molecule has 2 N–H and O–H groups in total. The van der Waals surface area contributed by atoms with Gasteiger partial charge in [0.2, 0.25) is 5.91 Å². The summed E-state index contributed by atoms with van der Waals surface area (Å²) in [6, 6.07) is 16.2. The van der Waals surface area contributed by atoms with Gasteiger partial charge in [-0.2, -0.15) is 0 Å². The van der Waals surface area contributed by atoms with E-state index in [2.05, 4.69) is 59.6 Å². The predicted octanol–water partition coefficient (Wildman–Crippen LogP) is 2.42. The molecule has 0 fully saturated rings. The number of carbonyl (C=O) groups excluding carboxylic acids is 1. The summed E-state index contributed by atoms with van der Waals surface area (Å²) < 4.78 is 0.975. The molecule has 0 saturated carbocycles. The zero-order valence-electron chi connectivity index (χ0n) is 13.5. The molecular weight excluding hydrogens is 352 g/mol. The number of quaternary nitrogens is 1. The van der Waals surface area contributed by atoms with Gasteiger partial charge >= 0.3 is 0 Å². The van der Waals surface area contributed by atoms with Crippen LogP contribution >= 0.6 is 15.9 Å². The van der Waals surface area contributed by atoms with Crippen molar-refractivity contribution in [3.8, 4) is 0 Å². The van der Waals surface area contributed by atoms with Gasteiger partial charge < -0.3 is 10.2 Å². The minimum absolute atomic E-state index is 0.0948. The second kappa shape index (κ2) is 8.65. The van der Waals surface area contributed by atoms with Crippen LogP contribution in [0.15, 0.2) is 59.1 Å². The second-order valence-electron chi connectivity index (χ2n) is 5.77. The van der Waals surface area contributed by atoms with Crippen molar-refractivity contribution in [2.75, 3.05) is 14.1 Å². The number of hydrogen-bond acceptors (Lipinski definition) is 1. The van der Waals surface area contributed by atoms with Crippen LogP contribution in [0.3, 0.4) is 0 Å². The molecule has 0 radical (unpaired) electrons. The highest BCUT2D eigenvalue weighted by Crippen LogP contribution is 2.16. The largest absolute Gasteiger partial charge is 0.348 e. The first-order valence-corrected chi connectivity index (χ1v) is 8.41. The Bertz CT molecular complexity index is 678. The smallest absolute Gasteiger partial charge is 0.244 e. The van der Waals surface area contributed by atoms with Crippen molar-refractivity contribution in [3.63, 3.8) is 0 Å². The Balaban J connectivity index is 1.86. The van der Waals surface area contributed by atoms with E-state index in [4.69, 9.17) is 0 Å². The van der Waals surface area contributed by atoms with Crippen molar-refractivity contribution in [1.82, 2.24) is 5.32 Å². The average Bonchev–Trinajstić information content (AvgIpc) is 2.53. The van der Waals surface area contributed by atoms with Crippen molar-refractivity contribution in [2.24, 2.45) is 0 Å². The number of hydrogen-bond donors (Lipinski definition) is 2. The molecular formula is C19H22BrN2O+. The van der Waals surface area contributed by atoms with E-state index in [1.165, 1.54) is 10.5 Å². The van der Waals surface area contributed by atoms with Gasteiger partial charge in [0.25, 0.3) is 0 Å². The van der Waals surface area contributed by atoms with Crippen molar-refractivity contribution < 1.29 is 9.69 Å². The molecule has 0 saturated heterocycles. The molecule has 0 aliphatic rings. The fourth-order valence-electron chi connectivity index (χ4n) is 2.21. The second-order valence-corrected chi connectivity index (χ2v) is 6.63. The first-order valence-electron chi connectivity index (χ1n) is 7.62. The lowest BCUT2D eigenvalue weighted by atomic mass is 10.1. The Morgan fingerprint density at radius 3 is 2.39 bits per heavy atom. The molecule has 0 aliphatic heterocycles. The molecule has 120 valence electrons. The van der Waals surface area contributed by atoms with E-state index in [-0.39, 0.29) is 5.91 Å². The zero-order valence-corrected chi connectivity index (χ0v) is 15.1. The Morgan fingerprint density at radius 2 is 1.74 bits per heavy atom. The van der Waals surface area contributed by atoms with Gasteiger partial charge in [-0.3, -0.25) is 4.79 Å². The molecule has 2 rings (SSSR count). The van der Waals surface area contributed by atoms with Crippen LogP contribution in [-0.2, 0) is 17.9 Å². The van der Waals surface area contributed by atoms with Crippen LogP contribution in [0.2, 0.25) is 0 Å². The van der Waals surface area contributed by atoms with Gasteiger partial charge in [-0.25, -0.2) is 0 Å². The average molecular weight is 374 g/mol. The Hall–Kier alpha value is -1.91. The normalized spacial score (nSPS) is 11.1. The van der Waals surface area contributed by atoms with Crippen molar-refractivity contribution >= 4 is 27.9 Å². The van der Waals surface area contributed by atoms with Gasteiger partial charge in [-0.15, -0.1) is 0 Å². The van der Waals surface area contributed by atoms with E-state index in [1.807, 2.05) is 30.3 Å². The standard InChI is InChI=1S/C19H21BrN2O/c1-22(2)14-16-9-7-15(8-10-16)13-21-19(23)12-11-17-5-3-4-6-18(17)20/h3-12H,13-14H2,1-2H3,(H,21,23)/p+1/b12-11+. The molecule has 0 aromatic heterocycles. The van der Waals surface area contributed by atoms with E-state index in [1.54, 1.807) is 6.08 Å². The molecule has 23 heavy (non-hydrogen) atoms. The summed E-state index contributed by atoms with van der Waals surface area (Å²) in [7, 11) is 4.26. The van der Waals surface area contributed by atoms with E-state index in [0.717, 1.165) is 22.1 Å². The molecule has 3 nitrogen and oxygen atoms in total. The summed E-state index contributed by atoms with van der Waals surface area (Å²) in [5, 5.41) is 2.90. The third-order valence-electron chi connectivity index (χ3n) is 3.37. The first kappa shape index (κ1) is 17.4. The van der Waals surface area contributed by atoms with Crippen LogP contribution in [0.1, 0.15) is 16.7 Å². The maximum Gasteiger partial charge on any atom is 0.244 e. The van der Waals surface area contributed by atoms with Gasteiger partial charge in [-0.1, -0.05) is 58.4 Å². The van der Waals surface area contributed by atoms with Crippen molar-refractivity contribution in [2.45, 2.75) is 13.1 Å². The Morgan fingerprint density at radius 1 is 1.09 bits per heavy atom. The molecule has 0 spiro atoms. The van der Waals surface area contributed by atoms with E-state index >= 15 is 0 Å². The minimum Gasteiger partial charge on any atom is -0.348 e. The number of rotatable bonds is 6. The molecule has 0 aliphatic carbocycles. The quantitative estimate of drug-likeness (QED) is 0.749. The fraction of sp³-hybridized carbons (Fsp3) is 0.211. The van der Waals surface area contributed by atoms with Crippen LogP contribution in [0.4, 0.5) is 0 Å². The fourth-order valence-corrected chi connectivity index (χ4v) is 2.62. The minimum atomic E-state index is -0.0948.